The lowest BCUT2D eigenvalue weighted by Crippen LogP contribution is -2.47. The first-order valence-electron chi connectivity index (χ1n) is 11.1. The van der Waals surface area contributed by atoms with Gasteiger partial charge in [-0.15, -0.1) is 0 Å². The van der Waals surface area contributed by atoms with E-state index in [9.17, 15) is 0 Å². The standard InChI is InChI=1S/C29H28NO/c1-17-24-22(29(4,5)28(2,3)21-12-9-15-30(6)26(21)24)16-20-25-19-11-8-7-10-18(19)13-14-23(25)31-27(17)20/h7-16H,1-6H3/q+1. The third kappa shape index (κ3) is 2.15. The predicted octanol–water partition coefficient (Wildman–Crippen LogP) is 7.11. The number of aromatic nitrogens is 1. The highest BCUT2D eigenvalue weighted by atomic mass is 16.3. The van der Waals surface area contributed by atoms with Crippen LogP contribution in [0.15, 0.2) is 65.2 Å². The summed E-state index contributed by atoms with van der Waals surface area (Å²) in [6, 6.07) is 19.8. The van der Waals surface area contributed by atoms with Crippen LogP contribution in [-0.4, -0.2) is 0 Å². The van der Waals surface area contributed by atoms with Gasteiger partial charge in [-0.2, -0.15) is 0 Å². The molecule has 6 rings (SSSR count). The van der Waals surface area contributed by atoms with Gasteiger partial charge >= 0.3 is 0 Å². The number of pyridine rings is 1. The second-order valence-corrected chi connectivity index (χ2v) is 10.2. The molecule has 31 heavy (non-hydrogen) atoms. The second-order valence-electron chi connectivity index (χ2n) is 10.2. The Hall–Kier alpha value is -3.13. The summed E-state index contributed by atoms with van der Waals surface area (Å²) in [6.45, 7) is 11.8. The van der Waals surface area contributed by atoms with Crippen LogP contribution in [-0.2, 0) is 17.9 Å². The van der Waals surface area contributed by atoms with Crippen molar-refractivity contribution >= 4 is 32.7 Å². The van der Waals surface area contributed by atoms with Crippen LogP contribution in [0.1, 0.15) is 44.4 Å². The molecule has 0 N–H and O–H groups in total. The Labute approximate surface area is 183 Å². The zero-order chi connectivity index (χ0) is 21.7. The van der Waals surface area contributed by atoms with Crippen molar-refractivity contribution < 1.29 is 8.98 Å². The highest BCUT2D eigenvalue weighted by Gasteiger charge is 2.49. The lowest BCUT2D eigenvalue weighted by atomic mass is 9.55. The van der Waals surface area contributed by atoms with E-state index in [4.69, 9.17) is 4.42 Å². The highest BCUT2D eigenvalue weighted by Crippen LogP contribution is 2.55. The second kappa shape index (κ2) is 5.76. The molecular weight excluding hydrogens is 378 g/mol. The van der Waals surface area contributed by atoms with Gasteiger partial charge in [-0.25, -0.2) is 4.57 Å². The van der Waals surface area contributed by atoms with Crippen molar-refractivity contribution in [1.82, 2.24) is 0 Å². The Balaban J connectivity index is 1.86. The molecule has 1 aliphatic rings. The molecule has 2 heterocycles. The highest BCUT2D eigenvalue weighted by molar-refractivity contribution is 6.20. The molecule has 0 amide bonds. The van der Waals surface area contributed by atoms with Gasteiger partial charge < -0.3 is 4.42 Å². The molecule has 0 saturated heterocycles. The molecule has 0 spiro atoms. The molecule has 0 atom stereocenters. The molecule has 1 aliphatic carbocycles. The number of hydrogen-bond donors (Lipinski definition) is 0. The molecule has 0 unspecified atom stereocenters. The summed E-state index contributed by atoms with van der Waals surface area (Å²) in [7, 11) is 2.16. The Kier molecular flexibility index (Phi) is 3.46. The van der Waals surface area contributed by atoms with Crippen LogP contribution in [0.25, 0.3) is 44.0 Å². The van der Waals surface area contributed by atoms with E-state index in [0.717, 1.165) is 11.2 Å². The summed E-state index contributed by atoms with van der Waals surface area (Å²) in [6.07, 6.45) is 2.16. The van der Waals surface area contributed by atoms with Crippen LogP contribution < -0.4 is 4.57 Å². The maximum atomic E-state index is 6.52. The zero-order valence-corrected chi connectivity index (χ0v) is 19.1. The number of benzene rings is 3. The average molecular weight is 407 g/mol. The lowest BCUT2D eigenvalue weighted by Gasteiger charge is -2.47. The molecule has 0 radical (unpaired) electrons. The third-order valence-corrected chi connectivity index (χ3v) is 8.22. The van der Waals surface area contributed by atoms with Crippen molar-refractivity contribution in [1.29, 1.82) is 0 Å². The average Bonchev–Trinajstić information content (AvgIpc) is 3.12. The van der Waals surface area contributed by atoms with Crippen LogP contribution in [0.4, 0.5) is 0 Å². The Bertz CT molecular complexity index is 1550. The summed E-state index contributed by atoms with van der Waals surface area (Å²) in [4.78, 5) is 0. The van der Waals surface area contributed by atoms with E-state index in [0.29, 0.717) is 0 Å². The van der Waals surface area contributed by atoms with E-state index >= 15 is 0 Å². The first-order chi connectivity index (χ1) is 14.7. The van der Waals surface area contributed by atoms with E-state index in [1.807, 2.05) is 0 Å². The Morgan fingerprint density at radius 2 is 1.55 bits per heavy atom. The van der Waals surface area contributed by atoms with Crippen molar-refractivity contribution in [3.63, 3.8) is 0 Å². The van der Waals surface area contributed by atoms with E-state index in [1.165, 1.54) is 49.5 Å². The van der Waals surface area contributed by atoms with Gasteiger partial charge in [0.15, 0.2) is 6.20 Å². The number of fused-ring (bicyclic) bond motifs is 8. The van der Waals surface area contributed by atoms with Crippen molar-refractivity contribution in [3.8, 4) is 11.3 Å². The quantitative estimate of drug-likeness (QED) is 0.250. The van der Waals surface area contributed by atoms with Crippen LogP contribution in [0.3, 0.4) is 0 Å². The number of hydrogen-bond acceptors (Lipinski definition) is 1. The summed E-state index contributed by atoms with van der Waals surface area (Å²) < 4.78 is 8.80. The normalized spacial score (nSPS) is 16.6. The van der Waals surface area contributed by atoms with Crippen LogP contribution in [0.2, 0.25) is 0 Å². The molecule has 5 aromatic rings. The molecule has 0 saturated carbocycles. The van der Waals surface area contributed by atoms with Crippen LogP contribution in [0, 0.1) is 6.92 Å². The van der Waals surface area contributed by atoms with Crippen molar-refractivity contribution in [2.75, 3.05) is 0 Å². The minimum absolute atomic E-state index is 0.00389. The van der Waals surface area contributed by atoms with Gasteiger partial charge in [0.1, 0.15) is 18.2 Å². The molecule has 0 aliphatic heterocycles. The Morgan fingerprint density at radius 3 is 2.35 bits per heavy atom. The number of nitrogens with zero attached hydrogens (tertiary/aromatic N) is 1. The topological polar surface area (TPSA) is 17.0 Å². The molecule has 0 bridgehead atoms. The molecule has 154 valence electrons. The molecule has 2 heteroatoms. The fourth-order valence-corrected chi connectivity index (χ4v) is 5.74. The van der Waals surface area contributed by atoms with Gasteiger partial charge in [-0.1, -0.05) is 58.0 Å². The molecule has 0 fully saturated rings. The fraction of sp³-hybridized carbons (Fsp3) is 0.276. The lowest BCUT2D eigenvalue weighted by molar-refractivity contribution is -0.661. The number of furan rings is 1. The largest absolute Gasteiger partial charge is 0.456 e. The number of aryl methyl sites for hydroxylation is 2. The minimum atomic E-state index is -0.0309. The van der Waals surface area contributed by atoms with Gasteiger partial charge in [-0.05, 0) is 46.9 Å². The SMILES string of the molecule is Cc1c2c(cc3c1oc1ccc4ccccc4c13)C(C)(C)C(C)(C)c1ccc[n+](C)c1-2. The van der Waals surface area contributed by atoms with Crippen LogP contribution >= 0.6 is 0 Å². The third-order valence-electron chi connectivity index (χ3n) is 8.22. The van der Waals surface area contributed by atoms with Gasteiger partial charge in [0.2, 0.25) is 5.69 Å². The monoisotopic (exact) mass is 406 g/mol. The maximum Gasteiger partial charge on any atom is 0.216 e. The first kappa shape index (κ1) is 18.6. The molecular formula is C29H28NO+. The van der Waals surface area contributed by atoms with Crippen LogP contribution in [0.5, 0.6) is 0 Å². The van der Waals surface area contributed by atoms with E-state index in [-0.39, 0.29) is 10.8 Å². The Morgan fingerprint density at radius 1 is 0.806 bits per heavy atom. The van der Waals surface area contributed by atoms with Gasteiger partial charge in [0.25, 0.3) is 0 Å². The van der Waals surface area contributed by atoms with Gasteiger partial charge in [-0.3, -0.25) is 0 Å². The molecule has 3 aromatic carbocycles. The summed E-state index contributed by atoms with van der Waals surface area (Å²) in [5.41, 5.74) is 8.63. The fourth-order valence-electron chi connectivity index (χ4n) is 5.74. The first-order valence-corrected chi connectivity index (χ1v) is 11.1. The zero-order valence-electron chi connectivity index (χ0n) is 19.1. The molecule has 2 nitrogen and oxygen atoms in total. The summed E-state index contributed by atoms with van der Waals surface area (Å²) in [5, 5.41) is 4.98. The number of rotatable bonds is 0. The minimum Gasteiger partial charge on any atom is -0.456 e. The van der Waals surface area contributed by atoms with Crippen molar-refractivity contribution in [2.24, 2.45) is 7.05 Å². The molecule has 2 aromatic heterocycles. The predicted molar refractivity (Wildman–Crippen MR) is 129 cm³/mol. The summed E-state index contributed by atoms with van der Waals surface area (Å²) in [5.74, 6) is 0. The summed E-state index contributed by atoms with van der Waals surface area (Å²) >= 11 is 0. The van der Waals surface area contributed by atoms with Gasteiger partial charge in [0, 0.05) is 33.4 Å². The van der Waals surface area contributed by atoms with Gasteiger partial charge in [0.05, 0.1) is 5.56 Å². The van der Waals surface area contributed by atoms with E-state index in [1.54, 1.807) is 0 Å². The van der Waals surface area contributed by atoms with Crippen molar-refractivity contribution in [2.45, 2.75) is 45.4 Å². The van der Waals surface area contributed by atoms with E-state index in [2.05, 4.69) is 107 Å². The van der Waals surface area contributed by atoms with E-state index < -0.39 is 0 Å². The maximum absolute atomic E-state index is 6.52. The smallest absolute Gasteiger partial charge is 0.216 e. The van der Waals surface area contributed by atoms with Crippen molar-refractivity contribution in [3.05, 3.63) is 77.5 Å².